The number of nitrogens with zero attached hydrogens (tertiary/aromatic N) is 3. The van der Waals surface area contributed by atoms with Crippen molar-refractivity contribution in [1.82, 2.24) is 14.7 Å². The molecule has 0 aliphatic rings. The number of anilines is 1. The lowest BCUT2D eigenvalue weighted by atomic mass is 10.3. The second kappa shape index (κ2) is 6.83. The number of nitrogens with one attached hydrogen (secondary N) is 1. The molecule has 1 heterocycles. The third-order valence-corrected chi connectivity index (χ3v) is 4.38. The Hall–Kier alpha value is -1.01. The quantitative estimate of drug-likeness (QED) is 0.828. The summed E-state index contributed by atoms with van der Waals surface area (Å²) in [7, 11) is 3.71. The molecule has 0 spiro atoms. The molecule has 1 aromatic carbocycles. The van der Waals surface area contributed by atoms with Gasteiger partial charge >= 0.3 is 0 Å². The highest BCUT2D eigenvalue weighted by Crippen LogP contribution is 2.25. The average Bonchev–Trinajstić information content (AvgIpc) is 2.74. The van der Waals surface area contributed by atoms with Crippen molar-refractivity contribution in [2.45, 2.75) is 6.54 Å². The molecule has 2 aromatic rings. The van der Waals surface area contributed by atoms with Crippen LogP contribution in [0.5, 0.6) is 0 Å². The Morgan fingerprint density at radius 3 is 2.57 bits per heavy atom. The van der Waals surface area contributed by atoms with Crippen molar-refractivity contribution in [1.29, 1.82) is 0 Å². The first kappa shape index (κ1) is 16.4. The highest BCUT2D eigenvalue weighted by Gasteiger charge is 2.12. The number of hydrogen-bond acceptors (Lipinski definition) is 2. The third kappa shape index (κ3) is 4.01. The van der Waals surface area contributed by atoms with Gasteiger partial charge in [-0.1, -0.05) is 34.8 Å². The zero-order valence-corrected chi connectivity index (χ0v) is 14.5. The molecule has 1 N–H and O–H groups in total. The number of halogens is 3. The first-order valence-corrected chi connectivity index (χ1v) is 7.56. The van der Waals surface area contributed by atoms with Gasteiger partial charge in [0.2, 0.25) is 0 Å². The van der Waals surface area contributed by atoms with Crippen LogP contribution in [0.2, 0.25) is 15.1 Å². The molecule has 0 amide bonds. The van der Waals surface area contributed by atoms with E-state index in [-0.39, 0.29) is 0 Å². The van der Waals surface area contributed by atoms with Crippen LogP contribution in [0.1, 0.15) is 5.69 Å². The summed E-state index contributed by atoms with van der Waals surface area (Å²) in [6, 6.07) is 5.25. The van der Waals surface area contributed by atoms with Crippen molar-refractivity contribution in [3.8, 4) is 0 Å². The molecular formula is C13H13Cl3N4S. The first-order valence-electron chi connectivity index (χ1n) is 6.02. The van der Waals surface area contributed by atoms with Gasteiger partial charge in [0.25, 0.3) is 0 Å². The van der Waals surface area contributed by atoms with E-state index in [0.717, 1.165) is 11.4 Å². The van der Waals surface area contributed by atoms with E-state index in [1.165, 1.54) is 0 Å². The van der Waals surface area contributed by atoms with Gasteiger partial charge in [-0.15, -0.1) is 0 Å². The van der Waals surface area contributed by atoms with E-state index in [9.17, 15) is 0 Å². The zero-order chi connectivity index (χ0) is 15.6. The molecule has 0 aliphatic heterocycles. The molecule has 0 bridgehead atoms. The summed E-state index contributed by atoms with van der Waals surface area (Å²) < 4.78 is 1.72. The monoisotopic (exact) mass is 362 g/mol. The normalized spacial score (nSPS) is 10.5. The molecule has 0 saturated heterocycles. The number of hydrogen-bond donors (Lipinski definition) is 1. The van der Waals surface area contributed by atoms with E-state index in [1.807, 2.05) is 25.1 Å². The largest absolute Gasteiger partial charge is 0.346 e. The van der Waals surface area contributed by atoms with Gasteiger partial charge in [0.1, 0.15) is 0 Å². The van der Waals surface area contributed by atoms with Crippen LogP contribution in [0.15, 0.2) is 24.4 Å². The van der Waals surface area contributed by atoms with E-state index < -0.39 is 0 Å². The van der Waals surface area contributed by atoms with Crippen LogP contribution in [0.25, 0.3) is 0 Å². The van der Waals surface area contributed by atoms with Crippen molar-refractivity contribution in [3.05, 3.63) is 45.2 Å². The van der Waals surface area contributed by atoms with E-state index in [0.29, 0.717) is 26.7 Å². The van der Waals surface area contributed by atoms with Gasteiger partial charge in [-0.3, -0.25) is 4.68 Å². The van der Waals surface area contributed by atoms with Gasteiger partial charge < -0.3 is 10.2 Å². The van der Waals surface area contributed by atoms with Crippen LogP contribution in [0, 0.1) is 0 Å². The minimum atomic E-state index is 0.474. The third-order valence-electron chi connectivity index (χ3n) is 2.92. The number of thiocarbonyl (C=S) groups is 1. The Balaban J connectivity index is 2.04. The van der Waals surface area contributed by atoms with E-state index >= 15 is 0 Å². The fourth-order valence-electron chi connectivity index (χ4n) is 1.70. The number of benzene rings is 1. The number of aryl methyl sites for hydroxylation is 1. The smallest absolute Gasteiger partial charge is 0.173 e. The van der Waals surface area contributed by atoms with E-state index in [2.05, 4.69) is 10.4 Å². The molecule has 112 valence electrons. The summed E-state index contributed by atoms with van der Waals surface area (Å²) in [5.41, 5.74) is 1.66. The molecule has 0 aliphatic carbocycles. The molecule has 1 aromatic heterocycles. The van der Waals surface area contributed by atoms with E-state index in [1.54, 1.807) is 23.0 Å². The Labute approximate surface area is 143 Å². The zero-order valence-electron chi connectivity index (χ0n) is 11.4. The minimum Gasteiger partial charge on any atom is -0.346 e. The first-order chi connectivity index (χ1) is 9.88. The predicted molar refractivity (Wildman–Crippen MR) is 92.4 cm³/mol. The van der Waals surface area contributed by atoms with Crippen molar-refractivity contribution < 1.29 is 0 Å². The molecule has 2 rings (SSSR count). The Morgan fingerprint density at radius 2 is 2.00 bits per heavy atom. The minimum absolute atomic E-state index is 0.474. The van der Waals surface area contributed by atoms with Crippen LogP contribution < -0.4 is 5.32 Å². The molecule has 0 fully saturated rings. The number of rotatable bonds is 3. The van der Waals surface area contributed by atoms with E-state index in [4.69, 9.17) is 47.0 Å². The summed E-state index contributed by atoms with van der Waals surface area (Å²) in [6.45, 7) is 0.544. The summed E-state index contributed by atoms with van der Waals surface area (Å²) in [6.07, 6.45) is 1.61. The fraction of sp³-hybridized carbons (Fsp3) is 0.231. The fourth-order valence-corrected chi connectivity index (χ4v) is 2.41. The van der Waals surface area contributed by atoms with Gasteiger partial charge in [-0.05, 0) is 30.4 Å². The van der Waals surface area contributed by atoms with Gasteiger partial charge in [-0.25, -0.2) is 0 Å². The molecule has 0 saturated carbocycles. The highest BCUT2D eigenvalue weighted by atomic mass is 35.5. The topological polar surface area (TPSA) is 33.1 Å². The van der Waals surface area contributed by atoms with Gasteiger partial charge in [-0.2, -0.15) is 5.10 Å². The lowest BCUT2D eigenvalue weighted by molar-refractivity contribution is 0.482. The summed E-state index contributed by atoms with van der Waals surface area (Å²) in [4.78, 5) is 1.86. The summed E-state index contributed by atoms with van der Waals surface area (Å²) >= 11 is 23.3. The van der Waals surface area contributed by atoms with Crippen LogP contribution >= 0.6 is 47.0 Å². The number of aromatic nitrogens is 2. The lowest BCUT2D eigenvalue weighted by Crippen LogP contribution is -2.31. The Kier molecular flexibility index (Phi) is 5.32. The second-order valence-electron chi connectivity index (χ2n) is 4.48. The Bertz CT molecular complexity index is 652. The van der Waals surface area contributed by atoms with Crippen molar-refractivity contribution >= 4 is 57.8 Å². The van der Waals surface area contributed by atoms with Crippen LogP contribution in [-0.2, 0) is 13.6 Å². The van der Waals surface area contributed by atoms with Crippen LogP contribution in [0.3, 0.4) is 0 Å². The Morgan fingerprint density at radius 1 is 1.29 bits per heavy atom. The SMILES string of the molecule is CN(Cc1c(Cl)cnn1C)C(=S)Nc1ccc(Cl)c(Cl)c1. The maximum absolute atomic E-state index is 6.09. The van der Waals surface area contributed by atoms with Crippen molar-refractivity contribution in [2.24, 2.45) is 7.05 Å². The van der Waals surface area contributed by atoms with Crippen LogP contribution in [0.4, 0.5) is 5.69 Å². The highest BCUT2D eigenvalue weighted by molar-refractivity contribution is 7.80. The summed E-state index contributed by atoms with van der Waals surface area (Å²) in [5.74, 6) is 0. The maximum atomic E-state index is 6.09. The molecule has 8 heteroatoms. The van der Waals surface area contributed by atoms with Gasteiger partial charge in [0.15, 0.2) is 5.11 Å². The molecule has 4 nitrogen and oxygen atoms in total. The van der Waals surface area contributed by atoms with Gasteiger partial charge in [0.05, 0.1) is 33.5 Å². The predicted octanol–water partition coefficient (Wildman–Crippen LogP) is 4.21. The van der Waals surface area contributed by atoms with Crippen LogP contribution in [-0.4, -0.2) is 26.8 Å². The van der Waals surface area contributed by atoms with Crippen molar-refractivity contribution in [2.75, 3.05) is 12.4 Å². The molecule has 0 radical (unpaired) electrons. The molecular weight excluding hydrogens is 351 g/mol. The van der Waals surface area contributed by atoms with Gasteiger partial charge in [0, 0.05) is 19.8 Å². The molecule has 0 atom stereocenters. The molecule has 0 unspecified atom stereocenters. The average molecular weight is 364 g/mol. The summed E-state index contributed by atoms with van der Waals surface area (Å²) in [5, 5.41) is 9.34. The lowest BCUT2D eigenvalue weighted by Gasteiger charge is -2.21. The maximum Gasteiger partial charge on any atom is 0.173 e. The second-order valence-corrected chi connectivity index (χ2v) is 6.09. The standard InChI is InChI=1S/C13H13Cl3N4S/c1-19(7-12-11(16)6-17-20(12)2)13(21)18-8-3-4-9(14)10(15)5-8/h3-6H,7H2,1-2H3,(H,18,21). The van der Waals surface area contributed by atoms with Crippen molar-refractivity contribution in [3.63, 3.8) is 0 Å². The molecule has 21 heavy (non-hydrogen) atoms.